The summed E-state index contributed by atoms with van der Waals surface area (Å²) in [6.07, 6.45) is 0.309. The molecule has 3 nitrogen and oxygen atoms in total. The Morgan fingerprint density at radius 2 is 2.20 bits per heavy atom. The van der Waals surface area contributed by atoms with Crippen molar-refractivity contribution in [1.29, 1.82) is 5.26 Å². The molecule has 0 aliphatic carbocycles. The van der Waals surface area contributed by atoms with E-state index in [1.807, 2.05) is 30.3 Å². The summed E-state index contributed by atoms with van der Waals surface area (Å²) in [7, 11) is 0. The summed E-state index contributed by atoms with van der Waals surface area (Å²) >= 11 is 0. The van der Waals surface area contributed by atoms with Gasteiger partial charge in [-0.05, 0) is 30.4 Å². The molecular formula is C12H12N2O. The molecule has 2 N–H and O–H groups in total. The Balaban J connectivity index is 2.13. The van der Waals surface area contributed by atoms with Crippen molar-refractivity contribution in [2.75, 3.05) is 0 Å². The zero-order chi connectivity index (χ0) is 10.7. The van der Waals surface area contributed by atoms with E-state index in [0.29, 0.717) is 12.8 Å². The van der Waals surface area contributed by atoms with Crippen LogP contribution in [0.15, 0.2) is 30.3 Å². The fraction of sp³-hybridized carbons (Fsp3) is 0.250. The van der Waals surface area contributed by atoms with Crippen molar-refractivity contribution in [2.24, 2.45) is 0 Å². The highest BCUT2D eigenvalue weighted by Crippen LogP contribution is 2.15. The third kappa shape index (κ3) is 2.17. The normalized spacial score (nSPS) is 12.5. The molecule has 0 amide bonds. The van der Waals surface area contributed by atoms with Crippen molar-refractivity contribution in [2.45, 2.75) is 18.9 Å². The van der Waals surface area contributed by atoms with E-state index in [0.717, 1.165) is 11.2 Å². The van der Waals surface area contributed by atoms with Crippen LogP contribution in [0, 0.1) is 11.3 Å². The number of hydrogen-bond donors (Lipinski definition) is 2. The SMILES string of the molecule is N#CC(O)CCc1cc2ccccc2[nH]1. The molecule has 0 saturated heterocycles. The Morgan fingerprint density at radius 3 is 2.93 bits per heavy atom. The Morgan fingerprint density at radius 1 is 1.40 bits per heavy atom. The van der Waals surface area contributed by atoms with Gasteiger partial charge in [0, 0.05) is 11.2 Å². The molecule has 1 aromatic carbocycles. The highest BCUT2D eigenvalue weighted by molar-refractivity contribution is 5.80. The first kappa shape index (κ1) is 9.75. The summed E-state index contributed by atoms with van der Waals surface area (Å²) in [5.41, 5.74) is 2.16. The molecule has 0 fully saturated rings. The first-order chi connectivity index (χ1) is 7.29. The zero-order valence-corrected chi connectivity index (χ0v) is 8.27. The third-order valence-corrected chi connectivity index (χ3v) is 2.42. The molecule has 3 heteroatoms. The Labute approximate surface area is 88.0 Å². The molecule has 0 saturated carbocycles. The molecule has 0 radical (unpaired) electrons. The van der Waals surface area contributed by atoms with Gasteiger partial charge < -0.3 is 10.1 Å². The van der Waals surface area contributed by atoms with Gasteiger partial charge in [0.25, 0.3) is 0 Å². The first-order valence-electron chi connectivity index (χ1n) is 4.94. The van der Waals surface area contributed by atoms with Crippen molar-refractivity contribution >= 4 is 10.9 Å². The molecule has 0 spiro atoms. The second-order valence-corrected chi connectivity index (χ2v) is 3.57. The summed E-state index contributed by atoms with van der Waals surface area (Å²) in [6.45, 7) is 0. The Hall–Kier alpha value is -1.79. The molecule has 15 heavy (non-hydrogen) atoms. The van der Waals surface area contributed by atoms with E-state index in [1.54, 1.807) is 0 Å². The van der Waals surface area contributed by atoms with Crippen molar-refractivity contribution in [1.82, 2.24) is 4.98 Å². The summed E-state index contributed by atoms with van der Waals surface area (Å²) in [5.74, 6) is 0. The van der Waals surface area contributed by atoms with Gasteiger partial charge in [0.15, 0.2) is 0 Å². The summed E-state index contributed by atoms with van der Waals surface area (Å²) in [6, 6.07) is 11.9. The molecule has 1 aromatic heterocycles. The van der Waals surface area contributed by atoms with E-state index in [-0.39, 0.29) is 0 Å². The largest absolute Gasteiger partial charge is 0.378 e. The van der Waals surface area contributed by atoms with E-state index < -0.39 is 6.10 Å². The quantitative estimate of drug-likeness (QED) is 0.744. The molecule has 2 aromatic rings. The van der Waals surface area contributed by atoms with Crippen molar-refractivity contribution in [3.8, 4) is 6.07 Å². The van der Waals surface area contributed by atoms with Crippen LogP contribution in [0.3, 0.4) is 0 Å². The second-order valence-electron chi connectivity index (χ2n) is 3.57. The number of nitrogens with zero attached hydrogens (tertiary/aromatic N) is 1. The molecule has 0 bridgehead atoms. The predicted octanol–water partition coefficient (Wildman–Crippen LogP) is 1.98. The number of nitriles is 1. The number of aromatic nitrogens is 1. The van der Waals surface area contributed by atoms with Gasteiger partial charge in [0.05, 0.1) is 6.07 Å². The molecule has 0 aliphatic heterocycles. The molecule has 1 heterocycles. The van der Waals surface area contributed by atoms with Crippen LogP contribution >= 0.6 is 0 Å². The van der Waals surface area contributed by atoms with Crippen molar-refractivity contribution in [3.05, 3.63) is 36.0 Å². The maximum Gasteiger partial charge on any atom is 0.140 e. The number of para-hydroxylation sites is 1. The van der Waals surface area contributed by atoms with Gasteiger partial charge in [-0.25, -0.2) is 0 Å². The topological polar surface area (TPSA) is 59.8 Å². The molecule has 1 unspecified atom stereocenters. The van der Waals surface area contributed by atoms with E-state index in [1.165, 1.54) is 5.39 Å². The maximum absolute atomic E-state index is 9.12. The van der Waals surface area contributed by atoms with Crippen LogP contribution in [0.1, 0.15) is 12.1 Å². The number of aliphatic hydroxyl groups excluding tert-OH is 1. The third-order valence-electron chi connectivity index (χ3n) is 2.42. The van der Waals surface area contributed by atoms with Crippen LogP contribution in [-0.4, -0.2) is 16.2 Å². The fourth-order valence-electron chi connectivity index (χ4n) is 1.62. The minimum Gasteiger partial charge on any atom is -0.378 e. The molecule has 2 rings (SSSR count). The van der Waals surface area contributed by atoms with E-state index >= 15 is 0 Å². The van der Waals surface area contributed by atoms with Crippen LogP contribution in [0.4, 0.5) is 0 Å². The van der Waals surface area contributed by atoms with Gasteiger partial charge in [-0.1, -0.05) is 18.2 Å². The minimum absolute atomic E-state index is 0.476. The smallest absolute Gasteiger partial charge is 0.140 e. The first-order valence-corrected chi connectivity index (χ1v) is 4.94. The molecule has 1 atom stereocenters. The minimum atomic E-state index is -0.864. The molecular weight excluding hydrogens is 188 g/mol. The maximum atomic E-state index is 9.12. The lowest BCUT2D eigenvalue weighted by Crippen LogP contribution is -2.03. The number of benzene rings is 1. The molecule has 0 aliphatic rings. The van der Waals surface area contributed by atoms with Crippen molar-refractivity contribution < 1.29 is 5.11 Å². The number of fused-ring (bicyclic) bond motifs is 1. The Kier molecular flexibility index (Phi) is 2.70. The van der Waals surface area contributed by atoms with Crippen molar-refractivity contribution in [3.63, 3.8) is 0 Å². The number of hydrogen-bond acceptors (Lipinski definition) is 2. The van der Waals surface area contributed by atoms with E-state index in [9.17, 15) is 0 Å². The van der Waals surface area contributed by atoms with Gasteiger partial charge in [0.2, 0.25) is 0 Å². The number of aryl methyl sites for hydroxylation is 1. The summed E-state index contributed by atoms with van der Waals surface area (Å²) in [5, 5.41) is 18.7. The van der Waals surface area contributed by atoms with Crippen LogP contribution in [0.25, 0.3) is 10.9 Å². The van der Waals surface area contributed by atoms with Crippen LogP contribution < -0.4 is 0 Å². The van der Waals surface area contributed by atoms with Gasteiger partial charge in [-0.15, -0.1) is 0 Å². The number of H-pyrrole nitrogens is 1. The highest BCUT2D eigenvalue weighted by atomic mass is 16.3. The number of aromatic amines is 1. The number of rotatable bonds is 3. The van der Waals surface area contributed by atoms with E-state index in [4.69, 9.17) is 10.4 Å². The standard InChI is InChI=1S/C12H12N2O/c13-8-11(15)6-5-10-7-9-3-1-2-4-12(9)14-10/h1-4,7,11,14-15H,5-6H2. The fourth-order valence-corrected chi connectivity index (χ4v) is 1.62. The van der Waals surface area contributed by atoms with Gasteiger partial charge in [0.1, 0.15) is 6.10 Å². The van der Waals surface area contributed by atoms with Gasteiger partial charge in [-0.2, -0.15) is 5.26 Å². The van der Waals surface area contributed by atoms with Gasteiger partial charge in [-0.3, -0.25) is 0 Å². The number of nitrogens with one attached hydrogen (secondary N) is 1. The summed E-state index contributed by atoms with van der Waals surface area (Å²) < 4.78 is 0. The van der Waals surface area contributed by atoms with E-state index in [2.05, 4.69) is 11.1 Å². The zero-order valence-electron chi connectivity index (χ0n) is 8.27. The predicted molar refractivity (Wildman–Crippen MR) is 58.2 cm³/mol. The second kappa shape index (κ2) is 4.16. The lowest BCUT2D eigenvalue weighted by Gasteiger charge is -1.98. The lowest BCUT2D eigenvalue weighted by atomic mass is 10.1. The van der Waals surface area contributed by atoms with Gasteiger partial charge >= 0.3 is 0 Å². The highest BCUT2D eigenvalue weighted by Gasteiger charge is 2.04. The van der Waals surface area contributed by atoms with Crippen LogP contribution in [0.2, 0.25) is 0 Å². The number of aliphatic hydroxyl groups is 1. The van der Waals surface area contributed by atoms with Crippen LogP contribution in [0.5, 0.6) is 0 Å². The average Bonchev–Trinajstić information content (AvgIpc) is 2.68. The van der Waals surface area contributed by atoms with Crippen LogP contribution in [-0.2, 0) is 6.42 Å². The Bertz CT molecular complexity index is 463. The monoisotopic (exact) mass is 200 g/mol. The summed E-state index contributed by atoms with van der Waals surface area (Å²) in [4.78, 5) is 3.25. The lowest BCUT2D eigenvalue weighted by molar-refractivity contribution is 0.219. The average molecular weight is 200 g/mol. The molecule has 76 valence electrons.